The van der Waals surface area contributed by atoms with Crippen molar-refractivity contribution < 1.29 is 22.7 Å². The summed E-state index contributed by atoms with van der Waals surface area (Å²) in [6, 6.07) is 8.85. The van der Waals surface area contributed by atoms with Gasteiger partial charge in [0.15, 0.2) is 0 Å². The number of carbonyl (C=O) groups excluding carboxylic acids is 1. The summed E-state index contributed by atoms with van der Waals surface area (Å²) >= 11 is 11.8. The number of hydrogen-bond donors (Lipinski definition) is 1. The molecular formula is C16H15Cl2NO5S. The van der Waals surface area contributed by atoms with Crippen molar-refractivity contribution in [3.8, 4) is 5.75 Å². The first-order chi connectivity index (χ1) is 11.8. The van der Waals surface area contributed by atoms with Gasteiger partial charge in [-0.15, -0.1) is 0 Å². The topological polar surface area (TPSA) is 81.7 Å². The van der Waals surface area contributed by atoms with Crippen molar-refractivity contribution in [2.75, 3.05) is 14.2 Å². The second-order valence-electron chi connectivity index (χ2n) is 4.93. The molecule has 0 aliphatic rings. The first-order valence-corrected chi connectivity index (χ1v) is 9.22. The lowest BCUT2D eigenvalue weighted by Gasteiger charge is -2.11. The second-order valence-corrected chi connectivity index (χ2v) is 7.50. The van der Waals surface area contributed by atoms with Gasteiger partial charge in [-0.2, -0.15) is 0 Å². The Morgan fingerprint density at radius 2 is 1.84 bits per heavy atom. The highest BCUT2D eigenvalue weighted by Crippen LogP contribution is 2.25. The molecule has 0 amide bonds. The molecule has 0 saturated carbocycles. The molecular weight excluding hydrogens is 389 g/mol. The first-order valence-electron chi connectivity index (χ1n) is 6.98. The molecule has 25 heavy (non-hydrogen) atoms. The number of nitrogens with one attached hydrogen (secondary N) is 1. The van der Waals surface area contributed by atoms with Gasteiger partial charge in [-0.3, -0.25) is 0 Å². The highest BCUT2D eigenvalue weighted by atomic mass is 35.5. The molecule has 0 aromatic heterocycles. The van der Waals surface area contributed by atoms with E-state index in [1.807, 2.05) is 0 Å². The third-order valence-corrected chi connectivity index (χ3v) is 5.44. The van der Waals surface area contributed by atoms with Crippen LogP contribution in [0.5, 0.6) is 5.75 Å². The first kappa shape index (κ1) is 19.5. The van der Waals surface area contributed by atoms with Crippen LogP contribution >= 0.6 is 23.2 Å². The van der Waals surface area contributed by atoms with Gasteiger partial charge in [-0.05, 0) is 35.9 Å². The molecule has 9 heteroatoms. The van der Waals surface area contributed by atoms with Gasteiger partial charge < -0.3 is 9.47 Å². The van der Waals surface area contributed by atoms with Crippen molar-refractivity contribution in [2.24, 2.45) is 0 Å². The maximum Gasteiger partial charge on any atom is 0.341 e. The van der Waals surface area contributed by atoms with Gasteiger partial charge in [-0.1, -0.05) is 29.3 Å². The molecule has 0 atom stereocenters. The number of halogens is 2. The second kappa shape index (κ2) is 8.05. The molecule has 1 N–H and O–H groups in total. The highest BCUT2D eigenvalue weighted by molar-refractivity contribution is 7.89. The van der Waals surface area contributed by atoms with Crippen LogP contribution in [0.1, 0.15) is 15.9 Å². The zero-order valence-electron chi connectivity index (χ0n) is 13.4. The van der Waals surface area contributed by atoms with Crippen molar-refractivity contribution in [3.63, 3.8) is 0 Å². The van der Waals surface area contributed by atoms with Gasteiger partial charge >= 0.3 is 5.97 Å². The summed E-state index contributed by atoms with van der Waals surface area (Å²) in [6.07, 6.45) is 0. The van der Waals surface area contributed by atoms with Gasteiger partial charge in [0, 0.05) is 11.6 Å². The van der Waals surface area contributed by atoms with Gasteiger partial charge in [0.2, 0.25) is 10.0 Å². The Morgan fingerprint density at radius 3 is 2.48 bits per heavy atom. The summed E-state index contributed by atoms with van der Waals surface area (Å²) in [5.74, 6) is -0.254. The van der Waals surface area contributed by atoms with E-state index in [0.717, 1.165) is 0 Å². The van der Waals surface area contributed by atoms with Crippen molar-refractivity contribution >= 4 is 39.2 Å². The fourth-order valence-electron chi connectivity index (χ4n) is 2.07. The Balaban J connectivity index is 2.26. The van der Waals surface area contributed by atoms with Crippen LogP contribution in [0, 0.1) is 0 Å². The largest absolute Gasteiger partial charge is 0.496 e. The molecule has 6 nitrogen and oxygen atoms in total. The monoisotopic (exact) mass is 403 g/mol. The number of esters is 1. The number of rotatable bonds is 6. The van der Waals surface area contributed by atoms with Crippen LogP contribution in [-0.2, 0) is 21.3 Å². The molecule has 2 aromatic carbocycles. The fraction of sp³-hybridized carbons (Fsp3) is 0.188. The van der Waals surface area contributed by atoms with Crippen LogP contribution in [0.15, 0.2) is 41.3 Å². The van der Waals surface area contributed by atoms with E-state index < -0.39 is 16.0 Å². The molecule has 134 valence electrons. The van der Waals surface area contributed by atoms with Gasteiger partial charge in [0.25, 0.3) is 0 Å². The van der Waals surface area contributed by atoms with Crippen molar-refractivity contribution in [3.05, 3.63) is 57.6 Å². The number of methoxy groups -OCH3 is 2. The summed E-state index contributed by atoms with van der Waals surface area (Å²) in [5, 5.41) is 0.309. The molecule has 0 saturated heterocycles. The smallest absolute Gasteiger partial charge is 0.341 e. The number of carbonyl (C=O) groups is 1. The van der Waals surface area contributed by atoms with E-state index >= 15 is 0 Å². The summed E-state index contributed by atoms with van der Waals surface area (Å²) in [7, 11) is -1.21. The lowest BCUT2D eigenvalue weighted by Crippen LogP contribution is -2.23. The van der Waals surface area contributed by atoms with E-state index in [2.05, 4.69) is 9.46 Å². The van der Waals surface area contributed by atoms with Gasteiger partial charge in [-0.25, -0.2) is 17.9 Å². The third kappa shape index (κ3) is 4.64. The Kier molecular flexibility index (Phi) is 6.29. The summed E-state index contributed by atoms with van der Waals surface area (Å²) in [4.78, 5) is 11.7. The van der Waals surface area contributed by atoms with Crippen LogP contribution in [0.25, 0.3) is 0 Å². The van der Waals surface area contributed by atoms with E-state index in [9.17, 15) is 13.2 Å². The zero-order valence-corrected chi connectivity index (χ0v) is 15.7. The summed E-state index contributed by atoms with van der Waals surface area (Å²) < 4.78 is 37.0. The number of hydrogen-bond acceptors (Lipinski definition) is 5. The summed E-state index contributed by atoms with van der Waals surface area (Å²) in [5.41, 5.74) is 0.741. The number of sulfonamides is 1. The molecule has 0 aliphatic carbocycles. The standard InChI is InChI=1S/C16H15Cl2NO5S/c1-23-14-6-3-10(7-12(14)16(20)24-2)9-19-25(21,22)15-8-11(17)4-5-13(15)18/h3-8,19H,9H2,1-2H3. The molecule has 0 fully saturated rings. The average Bonchev–Trinajstić information content (AvgIpc) is 2.61. The van der Waals surface area contributed by atoms with E-state index in [1.165, 1.54) is 38.5 Å². The molecule has 0 bridgehead atoms. The van der Waals surface area contributed by atoms with Gasteiger partial charge in [0.05, 0.1) is 19.2 Å². The van der Waals surface area contributed by atoms with Gasteiger partial charge in [0.1, 0.15) is 16.2 Å². The quantitative estimate of drug-likeness (QED) is 0.748. The Bertz CT molecular complexity index is 899. The van der Waals surface area contributed by atoms with E-state index in [1.54, 1.807) is 12.1 Å². The lowest BCUT2D eigenvalue weighted by atomic mass is 10.1. The average molecular weight is 404 g/mol. The molecule has 2 rings (SSSR count). The maximum absolute atomic E-state index is 12.4. The molecule has 0 unspecified atom stereocenters. The normalized spacial score (nSPS) is 11.2. The van der Waals surface area contributed by atoms with E-state index in [0.29, 0.717) is 11.3 Å². The molecule has 2 aromatic rings. The minimum Gasteiger partial charge on any atom is -0.496 e. The highest BCUT2D eigenvalue weighted by Gasteiger charge is 2.19. The summed E-state index contributed by atoms with van der Waals surface area (Å²) in [6.45, 7) is -0.0564. The predicted octanol–water partition coefficient (Wildman–Crippen LogP) is 3.27. The number of ether oxygens (including phenoxy) is 2. The Labute approximate surface area is 155 Å². The third-order valence-electron chi connectivity index (χ3n) is 3.32. The Hall–Kier alpha value is -1.80. The van der Waals surface area contributed by atoms with Crippen molar-refractivity contribution in [1.82, 2.24) is 4.72 Å². The van der Waals surface area contributed by atoms with E-state index in [-0.39, 0.29) is 27.0 Å². The maximum atomic E-state index is 12.4. The molecule has 0 heterocycles. The van der Waals surface area contributed by atoms with E-state index in [4.69, 9.17) is 27.9 Å². The van der Waals surface area contributed by atoms with Crippen LogP contribution in [0.4, 0.5) is 0 Å². The van der Waals surface area contributed by atoms with Crippen LogP contribution in [-0.4, -0.2) is 28.6 Å². The number of benzene rings is 2. The molecule has 0 radical (unpaired) electrons. The fourth-order valence-corrected chi connectivity index (χ4v) is 3.85. The molecule has 0 aliphatic heterocycles. The van der Waals surface area contributed by atoms with Crippen molar-refractivity contribution in [2.45, 2.75) is 11.4 Å². The zero-order chi connectivity index (χ0) is 18.6. The van der Waals surface area contributed by atoms with Crippen LogP contribution in [0.3, 0.4) is 0 Å². The van der Waals surface area contributed by atoms with Crippen LogP contribution in [0.2, 0.25) is 10.0 Å². The predicted molar refractivity (Wildman–Crippen MR) is 94.8 cm³/mol. The Morgan fingerprint density at radius 1 is 1.12 bits per heavy atom. The van der Waals surface area contributed by atoms with Crippen molar-refractivity contribution in [1.29, 1.82) is 0 Å². The van der Waals surface area contributed by atoms with Crippen LogP contribution < -0.4 is 9.46 Å². The minimum absolute atomic E-state index is 0.0564. The molecule has 0 spiro atoms. The minimum atomic E-state index is -3.88. The lowest BCUT2D eigenvalue weighted by molar-refractivity contribution is 0.0597. The SMILES string of the molecule is COC(=O)c1cc(CNS(=O)(=O)c2cc(Cl)ccc2Cl)ccc1OC.